The van der Waals surface area contributed by atoms with E-state index in [0.717, 1.165) is 26.3 Å². The molecule has 0 aromatic heterocycles. The van der Waals surface area contributed by atoms with Crippen LogP contribution in [0.3, 0.4) is 0 Å². The molecule has 4 heteroatoms. The van der Waals surface area contributed by atoms with Crippen LogP contribution in [0.15, 0.2) is 0 Å². The van der Waals surface area contributed by atoms with Gasteiger partial charge in [0.2, 0.25) is 0 Å². The Balaban J connectivity index is 1.62. The third-order valence-electron chi connectivity index (χ3n) is 5.70. The minimum absolute atomic E-state index is 0.396. The number of nitrogens with zero attached hydrogens (tertiary/aromatic N) is 1. The molecular formula is C16H30N2OS. The van der Waals surface area contributed by atoms with Gasteiger partial charge in [-0.05, 0) is 30.4 Å². The second-order valence-electron chi connectivity index (χ2n) is 7.44. The van der Waals surface area contributed by atoms with Crippen LogP contribution < -0.4 is 5.32 Å². The van der Waals surface area contributed by atoms with E-state index in [1.165, 1.54) is 43.7 Å². The normalized spacial score (nSPS) is 38.4. The third-order valence-corrected chi connectivity index (χ3v) is 6.93. The van der Waals surface area contributed by atoms with Gasteiger partial charge in [-0.2, -0.15) is 11.8 Å². The summed E-state index contributed by atoms with van der Waals surface area (Å²) in [6.07, 6.45) is 5.48. The SMILES string of the molecule is CC1(C)CCC[C@@H]1NC[C@]1(N2CCOCC2)CCSC1. The fraction of sp³-hybridized carbons (Fsp3) is 1.00. The van der Waals surface area contributed by atoms with Crippen LogP contribution in [0.25, 0.3) is 0 Å². The Kier molecular flexibility index (Phi) is 4.66. The molecule has 3 aliphatic rings. The van der Waals surface area contributed by atoms with Crippen LogP contribution in [0.4, 0.5) is 0 Å². The average molecular weight is 298 g/mol. The van der Waals surface area contributed by atoms with Crippen molar-refractivity contribution in [3.63, 3.8) is 0 Å². The van der Waals surface area contributed by atoms with Gasteiger partial charge in [-0.25, -0.2) is 0 Å². The smallest absolute Gasteiger partial charge is 0.0594 e. The number of morpholine rings is 1. The summed E-state index contributed by atoms with van der Waals surface area (Å²) in [5.74, 6) is 2.63. The summed E-state index contributed by atoms with van der Waals surface area (Å²) in [5, 5.41) is 3.96. The Morgan fingerprint density at radius 3 is 2.65 bits per heavy atom. The number of hydrogen-bond acceptors (Lipinski definition) is 4. The predicted molar refractivity (Wildman–Crippen MR) is 86.5 cm³/mol. The molecule has 2 heterocycles. The number of hydrogen-bond donors (Lipinski definition) is 1. The van der Waals surface area contributed by atoms with E-state index in [-0.39, 0.29) is 0 Å². The predicted octanol–water partition coefficient (Wildman–Crippen LogP) is 2.36. The Bertz CT molecular complexity index is 322. The summed E-state index contributed by atoms with van der Waals surface area (Å²) < 4.78 is 5.55. The highest BCUT2D eigenvalue weighted by Gasteiger charge is 2.42. The zero-order valence-electron chi connectivity index (χ0n) is 13.1. The lowest BCUT2D eigenvalue weighted by molar-refractivity contribution is -0.0149. The first kappa shape index (κ1) is 15.1. The van der Waals surface area contributed by atoms with E-state index < -0.39 is 0 Å². The average Bonchev–Trinajstić information content (AvgIpc) is 3.05. The maximum absolute atomic E-state index is 5.55. The van der Waals surface area contributed by atoms with Gasteiger partial charge >= 0.3 is 0 Å². The van der Waals surface area contributed by atoms with E-state index in [2.05, 4.69) is 35.8 Å². The van der Waals surface area contributed by atoms with Crippen molar-refractivity contribution in [2.45, 2.75) is 51.1 Å². The summed E-state index contributed by atoms with van der Waals surface area (Å²) in [6.45, 7) is 10.1. The minimum Gasteiger partial charge on any atom is -0.379 e. The number of rotatable bonds is 4. The molecule has 0 amide bonds. The number of nitrogens with one attached hydrogen (secondary N) is 1. The van der Waals surface area contributed by atoms with Crippen molar-refractivity contribution >= 4 is 11.8 Å². The second kappa shape index (κ2) is 6.15. The summed E-state index contributed by atoms with van der Waals surface area (Å²) in [6, 6.07) is 0.714. The highest BCUT2D eigenvalue weighted by molar-refractivity contribution is 7.99. The largest absolute Gasteiger partial charge is 0.379 e. The van der Waals surface area contributed by atoms with Gasteiger partial charge in [-0.1, -0.05) is 20.3 Å². The van der Waals surface area contributed by atoms with E-state index in [1.807, 2.05) is 0 Å². The first-order chi connectivity index (χ1) is 9.62. The molecule has 3 nitrogen and oxygen atoms in total. The van der Waals surface area contributed by atoms with Crippen LogP contribution in [0, 0.1) is 5.41 Å². The maximum atomic E-state index is 5.55. The molecule has 2 atom stereocenters. The van der Waals surface area contributed by atoms with E-state index in [9.17, 15) is 0 Å². The van der Waals surface area contributed by atoms with E-state index in [0.29, 0.717) is 17.0 Å². The number of thioether (sulfide) groups is 1. The maximum Gasteiger partial charge on any atom is 0.0594 e. The van der Waals surface area contributed by atoms with Crippen molar-refractivity contribution in [2.75, 3.05) is 44.4 Å². The molecular weight excluding hydrogens is 268 g/mol. The molecule has 0 unspecified atom stereocenters. The molecule has 2 aliphatic heterocycles. The minimum atomic E-state index is 0.396. The molecule has 0 aromatic carbocycles. The van der Waals surface area contributed by atoms with Crippen LogP contribution in [0.1, 0.15) is 39.5 Å². The van der Waals surface area contributed by atoms with Gasteiger partial charge in [0.1, 0.15) is 0 Å². The van der Waals surface area contributed by atoms with Crippen LogP contribution in [0.2, 0.25) is 0 Å². The Morgan fingerprint density at radius 2 is 2.05 bits per heavy atom. The lowest BCUT2D eigenvalue weighted by Gasteiger charge is -2.44. The Morgan fingerprint density at radius 1 is 1.25 bits per heavy atom. The van der Waals surface area contributed by atoms with Crippen molar-refractivity contribution in [3.05, 3.63) is 0 Å². The molecule has 0 spiro atoms. The van der Waals surface area contributed by atoms with Crippen molar-refractivity contribution in [2.24, 2.45) is 5.41 Å². The lowest BCUT2D eigenvalue weighted by atomic mass is 9.86. The molecule has 2 saturated heterocycles. The molecule has 1 saturated carbocycles. The molecule has 0 aromatic rings. The zero-order valence-corrected chi connectivity index (χ0v) is 13.9. The molecule has 3 rings (SSSR count). The quantitative estimate of drug-likeness (QED) is 0.861. The summed E-state index contributed by atoms with van der Waals surface area (Å²) >= 11 is 2.13. The first-order valence-electron chi connectivity index (χ1n) is 8.26. The van der Waals surface area contributed by atoms with Gasteiger partial charge in [0, 0.05) is 37.0 Å². The van der Waals surface area contributed by atoms with E-state index in [4.69, 9.17) is 4.74 Å². The third kappa shape index (κ3) is 3.03. The zero-order chi connectivity index (χ0) is 14.1. The molecule has 3 fully saturated rings. The first-order valence-corrected chi connectivity index (χ1v) is 9.42. The topological polar surface area (TPSA) is 24.5 Å². The van der Waals surface area contributed by atoms with Gasteiger partial charge < -0.3 is 10.1 Å². The van der Waals surface area contributed by atoms with Gasteiger partial charge in [-0.15, -0.1) is 0 Å². The fourth-order valence-electron chi connectivity index (χ4n) is 4.15. The molecule has 0 radical (unpaired) electrons. The van der Waals surface area contributed by atoms with Crippen molar-refractivity contribution in [3.8, 4) is 0 Å². The number of ether oxygens (including phenoxy) is 1. The molecule has 116 valence electrons. The van der Waals surface area contributed by atoms with Crippen molar-refractivity contribution in [1.29, 1.82) is 0 Å². The van der Waals surface area contributed by atoms with Crippen molar-refractivity contribution in [1.82, 2.24) is 10.2 Å². The van der Waals surface area contributed by atoms with Crippen LogP contribution in [-0.2, 0) is 4.74 Å². The highest BCUT2D eigenvalue weighted by Crippen LogP contribution is 2.39. The van der Waals surface area contributed by atoms with Gasteiger partial charge in [0.15, 0.2) is 0 Å². The molecule has 20 heavy (non-hydrogen) atoms. The van der Waals surface area contributed by atoms with Gasteiger partial charge in [-0.3, -0.25) is 4.90 Å². The Labute approximate surface area is 128 Å². The van der Waals surface area contributed by atoms with Crippen LogP contribution in [-0.4, -0.2) is 60.8 Å². The van der Waals surface area contributed by atoms with Gasteiger partial charge in [0.05, 0.1) is 13.2 Å². The van der Waals surface area contributed by atoms with Crippen LogP contribution in [0.5, 0.6) is 0 Å². The molecule has 1 N–H and O–H groups in total. The standard InChI is InChI=1S/C16H30N2OS/c1-15(2)5-3-4-14(15)17-12-16(6-11-20-13-16)18-7-9-19-10-8-18/h14,17H,3-13H2,1-2H3/t14-,16+/m0/s1. The summed E-state index contributed by atoms with van der Waals surface area (Å²) in [5.41, 5.74) is 0.880. The monoisotopic (exact) mass is 298 g/mol. The highest BCUT2D eigenvalue weighted by atomic mass is 32.2. The van der Waals surface area contributed by atoms with E-state index in [1.54, 1.807) is 0 Å². The lowest BCUT2D eigenvalue weighted by Crippen LogP contribution is -2.60. The van der Waals surface area contributed by atoms with Crippen LogP contribution >= 0.6 is 11.8 Å². The second-order valence-corrected chi connectivity index (χ2v) is 8.55. The fourth-order valence-corrected chi connectivity index (χ4v) is 5.63. The van der Waals surface area contributed by atoms with Gasteiger partial charge in [0.25, 0.3) is 0 Å². The summed E-state index contributed by atoms with van der Waals surface area (Å²) in [7, 11) is 0. The Hall–Kier alpha value is 0.230. The molecule has 0 bridgehead atoms. The summed E-state index contributed by atoms with van der Waals surface area (Å²) in [4.78, 5) is 2.71. The molecule has 1 aliphatic carbocycles. The van der Waals surface area contributed by atoms with E-state index >= 15 is 0 Å². The van der Waals surface area contributed by atoms with Crippen molar-refractivity contribution < 1.29 is 4.74 Å².